The van der Waals surface area contributed by atoms with Crippen LogP contribution in [-0.2, 0) is 11.3 Å². The first-order valence-corrected chi connectivity index (χ1v) is 9.55. The molecule has 0 aliphatic heterocycles. The van der Waals surface area contributed by atoms with Crippen molar-refractivity contribution in [2.45, 2.75) is 85.7 Å². The quantitative estimate of drug-likeness (QED) is 0.520. The molecule has 0 unspecified atom stereocenters. The van der Waals surface area contributed by atoms with Crippen molar-refractivity contribution in [3.63, 3.8) is 0 Å². The Labute approximate surface area is 162 Å². The second-order valence-electron chi connectivity index (χ2n) is 8.01. The van der Waals surface area contributed by atoms with Gasteiger partial charge in [-0.1, -0.05) is 46.8 Å². The first kappa shape index (κ1) is 23.1. The lowest BCUT2D eigenvalue weighted by atomic mass is 9.68. The van der Waals surface area contributed by atoms with Gasteiger partial charge in [0.25, 0.3) is 0 Å². The van der Waals surface area contributed by atoms with Crippen LogP contribution in [0.25, 0.3) is 0 Å². The van der Waals surface area contributed by atoms with E-state index in [9.17, 15) is 8.78 Å². The second-order valence-corrected chi connectivity index (χ2v) is 8.01. The van der Waals surface area contributed by atoms with Gasteiger partial charge in [-0.25, -0.2) is 8.78 Å². The van der Waals surface area contributed by atoms with Crippen molar-refractivity contribution >= 4 is 0 Å². The zero-order valence-corrected chi connectivity index (χ0v) is 15.0. The molecule has 1 aromatic carbocycles. The lowest BCUT2D eigenvalue weighted by molar-refractivity contribution is 0.164. The number of hydrogen-bond donors (Lipinski definition) is 0. The van der Waals surface area contributed by atoms with Crippen LogP contribution in [0.15, 0.2) is 12.1 Å². The highest BCUT2D eigenvalue weighted by Gasteiger charge is 2.31. The third kappa shape index (κ3) is 5.06. The van der Waals surface area contributed by atoms with Crippen LogP contribution in [0.3, 0.4) is 0 Å². The molecule has 1 aromatic rings. The van der Waals surface area contributed by atoms with Crippen molar-refractivity contribution in [3.8, 4) is 0 Å². The van der Waals surface area contributed by atoms with Gasteiger partial charge in [-0.3, -0.25) is 0 Å². The Morgan fingerprint density at radius 1 is 0.885 bits per heavy atom. The Kier molecular flexibility index (Phi) is 9.23. The number of rotatable bonds is 4. The van der Waals surface area contributed by atoms with E-state index >= 15 is 0 Å². The minimum Gasteiger partial charge on any atom is -0.380 e. The molecule has 3 rings (SSSR count). The van der Waals surface area contributed by atoms with Crippen molar-refractivity contribution < 1.29 is 16.4 Å². The summed E-state index contributed by atoms with van der Waals surface area (Å²) < 4.78 is 33.5. The molecule has 0 amide bonds. The van der Waals surface area contributed by atoms with E-state index < -0.39 is 11.6 Å². The highest BCUT2D eigenvalue weighted by atomic mass is 19.2. The smallest absolute Gasteiger partial charge is 0.164 e. The van der Waals surface area contributed by atoms with Gasteiger partial charge in [0.15, 0.2) is 11.6 Å². The Balaban J connectivity index is 0. The molecule has 0 saturated heterocycles. The highest BCUT2D eigenvalue weighted by Crippen LogP contribution is 2.44. The molecule has 3 heteroatoms. The number of halogens is 2. The minimum atomic E-state index is -0.724. The fourth-order valence-corrected chi connectivity index (χ4v) is 4.85. The summed E-state index contributed by atoms with van der Waals surface area (Å²) in [6.07, 6.45) is 9.80. The topological polar surface area (TPSA) is 9.23 Å². The summed E-state index contributed by atoms with van der Waals surface area (Å²) in [5.74, 6) is 1.36. The van der Waals surface area contributed by atoms with Gasteiger partial charge in [0.1, 0.15) is 0 Å². The van der Waals surface area contributed by atoms with Crippen LogP contribution >= 0.6 is 0 Å². The van der Waals surface area contributed by atoms with E-state index in [1.807, 2.05) is 0 Å². The predicted molar refractivity (Wildman–Crippen MR) is 111 cm³/mol. The van der Waals surface area contributed by atoms with E-state index in [0.717, 1.165) is 30.6 Å². The van der Waals surface area contributed by atoms with E-state index in [2.05, 4.69) is 6.92 Å². The summed E-state index contributed by atoms with van der Waals surface area (Å²) in [5, 5.41) is 0. The average Bonchev–Trinajstić information content (AvgIpc) is 2.60. The molecule has 0 radical (unpaired) electrons. The lowest BCUT2D eigenvalue weighted by Crippen LogP contribution is -2.25. The summed E-state index contributed by atoms with van der Waals surface area (Å²) in [7, 11) is 1.50. The maximum Gasteiger partial charge on any atom is 0.164 e. The normalized spacial score (nSPS) is 28.8. The van der Waals surface area contributed by atoms with Crippen LogP contribution in [0.2, 0.25) is 0 Å². The van der Waals surface area contributed by atoms with Gasteiger partial charge < -0.3 is 4.74 Å². The second kappa shape index (κ2) is 10.4. The number of methoxy groups -OCH3 is 1. The molecule has 2 aliphatic rings. The van der Waals surface area contributed by atoms with Gasteiger partial charge >= 0.3 is 0 Å². The van der Waals surface area contributed by atoms with E-state index in [-0.39, 0.29) is 30.2 Å². The SMILES string of the molecule is C.C.COCc1ccc(C2CCC(C3CCC(C)CC3)CC2)c(F)c1F.[HH].[HH]. The highest BCUT2D eigenvalue weighted by molar-refractivity contribution is 5.29. The van der Waals surface area contributed by atoms with E-state index in [1.54, 1.807) is 12.1 Å². The Morgan fingerprint density at radius 2 is 1.42 bits per heavy atom. The Morgan fingerprint density at radius 3 is 1.96 bits per heavy atom. The van der Waals surface area contributed by atoms with E-state index in [0.29, 0.717) is 11.1 Å². The van der Waals surface area contributed by atoms with Gasteiger partial charge in [0, 0.05) is 15.5 Å². The van der Waals surface area contributed by atoms with Crippen LogP contribution in [-0.4, -0.2) is 7.11 Å². The van der Waals surface area contributed by atoms with E-state index in [4.69, 9.17) is 4.74 Å². The van der Waals surface area contributed by atoms with E-state index in [1.165, 1.54) is 45.6 Å². The minimum absolute atomic E-state index is 0. The van der Waals surface area contributed by atoms with Crippen molar-refractivity contribution in [1.29, 1.82) is 0 Å². The fourth-order valence-electron chi connectivity index (χ4n) is 4.85. The Bertz CT molecular complexity index is 552. The van der Waals surface area contributed by atoms with Crippen LogP contribution in [0.4, 0.5) is 8.78 Å². The van der Waals surface area contributed by atoms with Crippen molar-refractivity contribution in [1.82, 2.24) is 0 Å². The summed E-state index contributed by atoms with van der Waals surface area (Å²) in [5.41, 5.74) is 0.881. The molecule has 26 heavy (non-hydrogen) atoms. The molecule has 0 heterocycles. The van der Waals surface area contributed by atoms with Gasteiger partial charge in [0.05, 0.1) is 6.61 Å². The van der Waals surface area contributed by atoms with Crippen molar-refractivity contribution in [3.05, 3.63) is 34.9 Å². The van der Waals surface area contributed by atoms with Crippen molar-refractivity contribution in [2.24, 2.45) is 17.8 Å². The molecule has 2 aliphatic carbocycles. The molecule has 0 bridgehead atoms. The average molecular weight is 373 g/mol. The molecular formula is C23H42F2O. The Hall–Kier alpha value is -0.960. The van der Waals surface area contributed by atoms with Gasteiger partial charge in [-0.15, -0.1) is 0 Å². The molecule has 2 fully saturated rings. The molecule has 2 saturated carbocycles. The number of benzene rings is 1. The van der Waals surface area contributed by atoms with Crippen LogP contribution in [0.1, 0.15) is 93.0 Å². The third-order valence-electron chi connectivity index (χ3n) is 6.43. The first-order valence-electron chi connectivity index (χ1n) is 9.55. The first-order chi connectivity index (χ1) is 11.6. The van der Waals surface area contributed by atoms with Crippen LogP contribution in [0.5, 0.6) is 0 Å². The molecule has 0 aromatic heterocycles. The summed E-state index contributed by atoms with van der Waals surface area (Å²) in [6, 6.07) is 3.46. The lowest BCUT2D eigenvalue weighted by Gasteiger charge is -2.37. The monoisotopic (exact) mass is 372 g/mol. The maximum atomic E-state index is 14.4. The summed E-state index contributed by atoms with van der Waals surface area (Å²) in [6.45, 7) is 2.48. The zero-order valence-electron chi connectivity index (χ0n) is 15.0. The summed E-state index contributed by atoms with van der Waals surface area (Å²) in [4.78, 5) is 0. The number of ether oxygens (including phenoxy) is 1. The fraction of sp³-hybridized carbons (Fsp3) is 0.739. The number of hydrogen-bond acceptors (Lipinski definition) is 1. The van der Waals surface area contributed by atoms with Gasteiger partial charge in [-0.2, -0.15) is 0 Å². The largest absolute Gasteiger partial charge is 0.380 e. The molecule has 1 nitrogen and oxygen atoms in total. The molecule has 0 spiro atoms. The standard InChI is InChI=1S/C21H30F2O.2CH4.2H2/c1-14-3-5-15(6-4-14)16-7-9-17(10-8-16)19-12-11-18(13-24-2)20(22)21(19)23;;;;/h11-12,14-17H,3-10,13H2,1-2H3;2*1H4;2*1H. The molecule has 0 atom stereocenters. The molecule has 0 N–H and O–H groups in total. The van der Waals surface area contributed by atoms with Crippen LogP contribution < -0.4 is 0 Å². The van der Waals surface area contributed by atoms with Crippen molar-refractivity contribution in [2.75, 3.05) is 7.11 Å². The zero-order chi connectivity index (χ0) is 17.1. The van der Waals surface area contributed by atoms with Gasteiger partial charge in [-0.05, 0) is 67.8 Å². The van der Waals surface area contributed by atoms with Crippen LogP contribution in [0, 0.1) is 29.4 Å². The van der Waals surface area contributed by atoms with Gasteiger partial charge in [0.2, 0.25) is 0 Å². The molecular weight excluding hydrogens is 330 g/mol. The maximum absolute atomic E-state index is 14.4. The predicted octanol–water partition coefficient (Wildman–Crippen LogP) is 7.98. The summed E-state index contributed by atoms with van der Waals surface area (Å²) >= 11 is 0. The third-order valence-corrected chi connectivity index (χ3v) is 6.43. The molecule has 154 valence electrons.